The van der Waals surface area contributed by atoms with Crippen molar-refractivity contribution in [3.8, 4) is 22.9 Å². The number of hydrogen-bond acceptors (Lipinski definition) is 8. The molecule has 0 saturated carbocycles. The maximum absolute atomic E-state index is 5.58. The summed E-state index contributed by atoms with van der Waals surface area (Å²) in [6, 6.07) is 5.53. The molecule has 9 heteroatoms. The lowest BCUT2D eigenvalue weighted by Gasteiger charge is -2.07. The molecular formula is C16H19N5O3S. The van der Waals surface area contributed by atoms with Crippen LogP contribution in [0.5, 0.6) is 11.5 Å². The molecule has 2 heterocycles. The Labute approximate surface area is 149 Å². The first kappa shape index (κ1) is 17.3. The molecule has 0 aliphatic rings. The van der Waals surface area contributed by atoms with E-state index in [2.05, 4.69) is 25.4 Å². The van der Waals surface area contributed by atoms with Crippen molar-refractivity contribution >= 4 is 11.8 Å². The van der Waals surface area contributed by atoms with Crippen LogP contribution in [0.1, 0.15) is 30.9 Å². The maximum atomic E-state index is 5.58. The van der Waals surface area contributed by atoms with Gasteiger partial charge in [-0.15, -0.1) is 15.3 Å². The van der Waals surface area contributed by atoms with E-state index in [9.17, 15) is 0 Å². The van der Waals surface area contributed by atoms with Crippen LogP contribution in [-0.4, -0.2) is 39.6 Å². The Morgan fingerprint density at radius 2 is 2.08 bits per heavy atom. The van der Waals surface area contributed by atoms with Gasteiger partial charge in [0, 0.05) is 12.5 Å². The van der Waals surface area contributed by atoms with Gasteiger partial charge >= 0.3 is 0 Å². The molecule has 0 amide bonds. The van der Waals surface area contributed by atoms with Crippen LogP contribution in [0, 0.1) is 0 Å². The predicted molar refractivity (Wildman–Crippen MR) is 92.9 cm³/mol. The molecule has 0 saturated heterocycles. The third kappa shape index (κ3) is 3.76. The normalized spacial score (nSPS) is 12.2. The number of ether oxygens (including phenoxy) is 2. The molecular weight excluding hydrogens is 342 g/mol. The van der Waals surface area contributed by atoms with Crippen LogP contribution in [-0.2, 0) is 6.42 Å². The first-order chi connectivity index (χ1) is 12.1. The van der Waals surface area contributed by atoms with E-state index in [4.69, 9.17) is 13.9 Å². The van der Waals surface area contributed by atoms with Gasteiger partial charge in [-0.2, -0.15) is 0 Å². The molecule has 3 aromatic rings. The van der Waals surface area contributed by atoms with Crippen molar-refractivity contribution in [2.75, 3.05) is 14.2 Å². The van der Waals surface area contributed by atoms with Crippen LogP contribution in [0.15, 0.2) is 27.8 Å². The molecule has 1 unspecified atom stereocenters. The van der Waals surface area contributed by atoms with Crippen molar-refractivity contribution in [2.45, 2.75) is 30.7 Å². The Balaban J connectivity index is 1.78. The molecule has 2 aromatic heterocycles. The minimum absolute atomic E-state index is 0.0470. The van der Waals surface area contributed by atoms with Crippen molar-refractivity contribution in [1.29, 1.82) is 0 Å². The number of aryl methyl sites for hydroxylation is 1. The summed E-state index contributed by atoms with van der Waals surface area (Å²) < 4.78 is 16.2. The summed E-state index contributed by atoms with van der Waals surface area (Å²) in [7, 11) is 3.22. The van der Waals surface area contributed by atoms with E-state index in [1.807, 2.05) is 26.0 Å². The molecule has 132 valence electrons. The average molecular weight is 361 g/mol. The van der Waals surface area contributed by atoms with Crippen LogP contribution >= 0.6 is 11.8 Å². The smallest absolute Gasteiger partial charge is 0.229 e. The number of thioether (sulfide) groups is 1. The lowest BCUT2D eigenvalue weighted by atomic mass is 10.2. The molecule has 8 nitrogen and oxygen atoms in total. The van der Waals surface area contributed by atoms with Gasteiger partial charge in [-0.1, -0.05) is 18.7 Å². The highest BCUT2D eigenvalue weighted by molar-refractivity contribution is 7.99. The molecule has 1 aromatic carbocycles. The van der Waals surface area contributed by atoms with Crippen LogP contribution in [0.25, 0.3) is 11.4 Å². The standard InChI is InChI=1S/C16H19N5O3S/c1-5-13-18-20-15(24-13)9(2)25-16-17-14(19-21-16)11-7-6-10(22-3)8-12(11)23-4/h6-9H,5H2,1-4H3,(H,17,19,21). The zero-order valence-electron chi connectivity index (χ0n) is 14.4. The monoisotopic (exact) mass is 361 g/mol. The molecule has 1 N–H and O–H groups in total. The van der Waals surface area contributed by atoms with Gasteiger partial charge in [-0.25, -0.2) is 4.98 Å². The highest BCUT2D eigenvalue weighted by atomic mass is 32.2. The molecule has 0 aliphatic heterocycles. The largest absolute Gasteiger partial charge is 0.497 e. The zero-order chi connectivity index (χ0) is 17.8. The number of nitrogens with zero attached hydrogens (tertiary/aromatic N) is 4. The number of aromatic amines is 1. The fourth-order valence-corrected chi connectivity index (χ4v) is 2.95. The van der Waals surface area contributed by atoms with E-state index < -0.39 is 0 Å². The highest BCUT2D eigenvalue weighted by Gasteiger charge is 2.18. The summed E-state index contributed by atoms with van der Waals surface area (Å²) in [5, 5.41) is 15.8. The number of benzene rings is 1. The van der Waals surface area contributed by atoms with Gasteiger partial charge in [0.1, 0.15) is 11.5 Å². The highest BCUT2D eigenvalue weighted by Crippen LogP contribution is 2.35. The topological polar surface area (TPSA) is 99.0 Å². The van der Waals surface area contributed by atoms with E-state index in [1.54, 1.807) is 20.3 Å². The minimum Gasteiger partial charge on any atom is -0.497 e. The maximum Gasteiger partial charge on any atom is 0.229 e. The Bertz CT molecular complexity index is 848. The Morgan fingerprint density at radius 1 is 1.24 bits per heavy atom. The van der Waals surface area contributed by atoms with E-state index in [-0.39, 0.29) is 5.25 Å². The van der Waals surface area contributed by atoms with Crippen LogP contribution in [0.2, 0.25) is 0 Å². The van der Waals surface area contributed by atoms with Crippen molar-refractivity contribution in [3.05, 3.63) is 30.0 Å². The number of H-pyrrole nitrogens is 1. The van der Waals surface area contributed by atoms with Gasteiger partial charge in [-0.3, -0.25) is 5.10 Å². The number of rotatable bonds is 7. The summed E-state index contributed by atoms with van der Waals surface area (Å²) in [6.07, 6.45) is 0.715. The van der Waals surface area contributed by atoms with Crippen molar-refractivity contribution in [3.63, 3.8) is 0 Å². The SMILES string of the molecule is CCc1nnc(C(C)Sc2n[nH]c(-c3ccc(OC)cc3OC)n2)o1. The fraction of sp³-hybridized carbons (Fsp3) is 0.375. The quantitative estimate of drug-likeness (QED) is 0.640. The number of hydrogen-bond donors (Lipinski definition) is 1. The second-order valence-corrected chi connectivity index (χ2v) is 6.49. The van der Waals surface area contributed by atoms with Crippen molar-refractivity contribution < 1.29 is 13.9 Å². The van der Waals surface area contributed by atoms with Gasteiger partial charge < -0.3 is 13.9 Å². The van der Waals surface area contributed by atoms with Crippen molar-refractivity contribution in [2.24, 2.45) is 0 Å². The first-order valence-electron chi connectivity index (χ1n) is 7.78. The van der Waals surface area contributed by atoms with E-state index in [0.29, 0.717) is 40.7 Å². The molecule has 25 heavy (non-hydrogen) atoms. The van der Waals surface area contributed by atoms with Crippen LogP contribution in [0.3, 0.4) is 0 Å². The molecule has 1 atom stereocenters. The average Bonchev–Trinajstić information content (AvgIpc) is 3.30. The summed E-state index contributed by atoms with van der Waals surface area (Å²) in [5.41, 5.74) is 0.807. The number of nitrogens with one attached hydrogen (secondary N) is 1. The Morgan fingerprint density at radius 3 is 2.76 bits per heavy atom. The van der Waals surface area contributed by atoms with Crippen molar-refractivity contribution in [1.82, 2.24) is 25.4 Å². The molecule has 0 aliphatic carbocycles. The molecule has 0 radical (unpaired) electrons. The Hall–Kier alpha value is -2.55. The first-order valence-corrected chi connectivity index (χ1v) is 8.66. The lowest BCUT2D eigenvalue weighted by Crippen LogP contribution is -1.92. The second-order valence-electron chi connectivity index (χ2n) is 5.18. The van der Waals surface area contributed by atoms with Gasteiger partial charge in [0.25, 0.3) is 0 Å². The van der Waals surface area contributed by atoms with Crippen LogP contribution in [0.4, 0.5) is 0 Å². The third-order valence-electron chi connectivity index (χ3n) is 3.54. The van der Waals surface area contributed by atoms with Gasteiger partial charge in [0.05, 0.1) is 25.0 Å². The third-order valence-corrected chi connectivity index (χ3v) is 4.49. The predicted octanol–water partition coefficient (Wildman–Crippen LogP) is 3.29. The summed E-state index contributed by atoms with van der Waals surface area (Å²) in [6.45, 7) is 3.94. The lowest BCUT2D eigenvalue weighted by molar-refractivity contribution is 0.395. The summed E-state index contributed by atoms with van der Waals surface area (Å²) >= 11 is 1.44. The van der Waals surface area contributed by atoms with Gasteiger partial charge in [0.2, 0.25) is 16.9 Å². The summed E-state index contributed by atoms with van der Waals surface area (Å²) in [4.78, 5) is 4.52. The minimum atomic E-state index is -0.0470. The number of aromatic nitrogens is 5. The fourth-order valence-electron chi connectivity index (χ4n) is 2.20. The van der Waals surface area contributed by atoms with E-state index in [0.717, 1.165) is 5.56 Å². The van der Waals surface area contributed by atoms with Gasteiger partial charge in [-0.05, 0) is 19.1 Å². The zero-order valence-corrected chi connectivity index (χ0v) is 15.3. The second kappa shape index (κ2) is 7.56. The molecule has 0 bridgehead atoms. The molecule has 0 spiro atoms. The molecule has 3 rings (SSSR count). The van der Waals surface area contributed by atoms with E-state index >= 15 is 0 Å². The van der Waals surface area contributed by atoms with Crippen LogP contribution < -0.4 is 9.47 Å². The molecule has 0 fully saturated rings. The number of methoxy groups -OCH3 is 2. The summed E-state index contributed by atoms with van der Waals surface area (Å²) in [5.74, 6) is 3.18. The van der Waals surface area contributed by atoms with Gasteiger partial charge in [0.15, 0.2) is 5.82 Å². The van der Waals surface area contributed by atoms with E-state index in [1.165, 1.54) is 11.8 Å². The Kier molecular flexibility index (Phi) is 5.22.